The molecule has 0 unspecified atom stereocenters. The summed E-state index contributed by atoms with van der Waals surface area (Å²) in [5, 5.41) is 6.35. The Bertz CT molecular complexity index is 479. The van der Waals surface area contributed by atoms with E-state index in [1.54, 1.807) is 6.07 Å². The number of nitrogens with zero attached hydrogens (tertiary/aromatic N) is 3. The van der Waals surface area contributed by atoms with Gasteiger partial charge in [-0.3, -0.25) is 15.0 Å². The standard InChI is InChI=1S/C13H20ClN5O/c1-9-8-10(14)17-12(16-9)18-11(20)13(2,3)19-6-4-15-5-7-19/h8,15H,4-7H2,1-3H3,(H,16,17,18,20). The van der Waals surface area contributed by atoms with Crippen molar-refractivity contribution in [2.45, 2.75) is 26.3 Å². The molecule has 6 nitrogen and oxygen atoms in total. The topological polar surface area (TPSA) is 70.2 Å². The summed E-state index contributed by atoms with van der Waals surface area (Å²) in [5.41, 5.74) is 0.113. The SMILES string of the molecule is Cc1cc(Cl)nc(NC(=O)C(C)(C)N2CCNCC2)n1. The minimum atomic E-state index is -0.609. The van der Waals surface area contributed by atoms with Crippen LogP contribution in [0.2, 0.25) is 5.15 Å². The van der Waals surface area contributed by atoms with Crippen LogP contribution in [0.15, 0.2) is 6.07 Å². The van der Waals surface area contributed by atoms with Crippen molar-refractivity contribution in [3.8, 4) is 0 Å². The van der Waals surface area contributed by atoms with Crippen molar-refractivity contribution < 1.29 is 4.79 Å². The third-order valence-electron chi connectivity index (χ3n) is 3.51. The molecule has 2 heterocycles. The lowest BCUT2D eigenvalue weighted by Gasteiger charge is -2.39. The fourth-order valence-corrected chi connectivity index (χ4v) is 2.45. The zero-order valence-electron chi connectivity index (χ0n) is 12.0. The minimum absolute atomic E-state index is 0.124. The van der Waals surface area contributed by atoms with E-state index in [9.17, 15) is 4.79 Å². The Hall–Kier alpha value is -1.24. The first-order chi connectivity index (χ1) is 9.39. The number of rotatable bonds is 3. The number of nitrogens with one attached hydrogen (secondary N) is 2. The predicted octanol–water partition coefficient (Wildman–Crippen LogP) is 1.06. The fraction of sp³-hybridized carbons (Fsp3) is 0.615. The van der Waals surface area contributed by atoms with Crippen molar-refractivity contribution >= 4 is 23.5 Å². The van der Waals surface area contributed by atoms with Crippen LogP contribution in [-0.2, 0) is 4.79 Å². The summed E-state index contributed by atoms with van der Waals surface area (Å²) in [6, 6.07) is 1.65. The van der Waals surface area contributed by atoms with E-state index in [-0.39, 0.29) is 11.9 Å². The summed E-state index contributed by atoms with van der Waals surface area (Å²) in [6.45, 7) is 9.10. The van der Waals surface area contributed by atoms with Gasteiger partial charge < -0.3 is 5.32 Å². The molecule has 7 heteroatoms. The molecule has 1 aliphatic heterocycles. The zero-order chi connectivity index (χ0) is 14.8. The highest BCUT2D eigenvalue weighted by atomic mass is 35.5. The normalized spacial score (nSPS) is 17.0. The molecular formula is C13H20ClN5O. The third kappa shape index (κ3) is 3.45. The molecule has 0 atom stereocenters. The molecule has 1 aromatic rings. The molecule has 0 spiro atoms. The first-order valence-electron chi connectivity index (χ1n) is 6.68. The number of hydrogen-bond acceptors (Lipinski definition) is 5. The molecule has 0 aliphatic carbocycles. The van der Waals surface area contributed by atoms with Crippen molar-refractivity contribution in [1.29, 1.82) is 0 Å². The van der Waals surface area contributed by atoms with E-state index in [2.05, 4.69) is 25.5 Å². The van der Waals surface area contributed by atoms with Crippen molar-refractivity contribution in [1.82, 2.24) is 20.2 Å². The molecule has 1 aliphatic rings. The monoisotopic (exact) mass is 297 g/mol. The van der Waals surface area contributed by atoms with Crippen LogP contribution in [0.1, 0.15) is 19.5 Å². The number of hydrogen-bond donors (Lipinski definition) is 2. The van der Waals surface area contributed by atoms with Gasteiger partial charge in [0.25, 0.3) is 0 Å². The first-order valence-corrected chi connectivity index (χ1v) is 7.06. The number of amides is 1. The highest BCUT2D eigenvalue weighted by Crippen LogP contribution is 2.18. The number of anilines is 1. The smallest absolute Gasteiger partial charge is 0.246 e. The summed E-state index contributed by atoms with van der Waals surface area (Å²) >= 11 is 5.88. The van der Waals surface area contributed by atoms with Gasteiger partial charge in [0.1, 0.15) is 5.15 Å². The average molecular weight is 298 g/mol. The van der Waals surface area contributed by atoms with Gasteiger partial charge in [-0.15, -0.1) is 0 Å². The van der Waals surface area contributed by atoms with Gasteiger partial charge in [0.15, 0.2) is 0 Å². The minimum Gasteiger partial charge on any atom is -0.314 e. The quantitative estimate of drug-likeness (QED) is 0.817. The fourth-order valence-electron chi connectivity index (χ4n) is 2.21. The van der Waals surface area contributed by atoms with E-state index in [1.165, 1.54) is 0 Å². The second-order valence-corrected chi connectivity index (χ2v) is 5.79. The van der Waals surface area contributed by atoms with Crippen LogP contribution >= 0.6 is 11.6 Å². The van der Waals surface area contributed by atoms with E-state index >= 15 is 0 Å². The van der Waals surface area contributed by atoms with Gasteiger partial charge in [-0.25, -0.2) is 9.97 Å². The number of halogens is 1. The number of carbonyl (C=O) groups excluding carboxylic acids is 1. The van der Waals surface area contributed by atoms with E-state index in [0.717, 1.165) is 31.9 Å². The average Bonchev–Trinajstić information content (AvgIpc) is 2.38. The maximum absolute atomic E-state index is 12.5. The van der Waals surface area contributed by atoms with E-state index < -0.39 is 5.54 Å². The Morgan fingerprint density at radius 3 is 2.65 bits per heavy atom. The Morgan fingerprint density at radius 2 is 2.05 bits per heavy atom. The van der Waals surface area contributed by atoms with Gasteiger partial charge in [0, 0.05) is 31.9 Å². The molecule has 0 aromatic carbocycles. The molecule has 1 saturated heterocycles. The van der Waals surface area contributed by atoms with Crippen LogP contribution in [0.25, 0.3) is 0 Å². The van der Waals surface area contributed by atoms with Crippen molar-refractivity contribution in [2.24, 2.45) is 0 Å². The molecule has 1 amide bonds. The lowest BCUT2D eigenvalue weighted by atomic mass is 10.0. The Morgan fingerprint density at radius 1 is 1.40 bits per heavy atom. The van der Waals surface area contributed by atoms with Crippen molar-refractivity contribution in [2.75, 3.05) is 31.5 Å². The molecule has 2 rings (SSSR count). The molecule has 1 fully saturated rings. The molecule has 20 heavy (non-hydrogen) atoms. The van der Waals surface area contributed by atoms with Crippen LogP contribution in [-0.4, -0.2) is 52.5 Å². The molecule has 110 valence electrons. The Balaban J connectivity index is 2.09. The van der Waals surface area contributed by atoms with Crippen LogP contribution in [0.3, 0.4) is 0 Å². The van der Waals surface area contributed by atoms with Gasteiger partial charge in [-0.1, -0.05) is 11.6 Å². The molecule has 0 bridgehead atoms. The van der Waals surface area contributed by atoms with Crippen LogP contribution in [0.5, 0.6) is 0 Å². The summed E-state index contributed by atoms with van der Waals surface area (Å²) in [7, 11) is 0. The lowest BCUT2D eigenvalue weighted by Crippen LogP contribution is -2.58. The summed E-state index contributed by atoms with van der Waals surface area (Å²) in [6.07, 6.45) is 0. The molecule has 0 radical (unpaired) electrons. The molecule has 1 aromatic heterocycles. The van der Waals surface area contributed by atoms with E-state index in [4.69, 9.17) is 11.6 Å². The maximum atomic E-state index is 12.5. The summed E-state index contributed by atoms with van der Waals surface area (Å²) in [5.74, 6) is 0.129. The predicted molar refractivity (Wildman–Crippen MR) is 78.9 cm³/mol. The Kier molecular flexibility index (Phi) is 4.57. The van der Waals surface area contributed by atoms with Gasteiger partial charge in [0.05, 0.1) is 5.54 Å². The zero-order valence-corrected chi connectivity index (χ0v) is 12.8. The highest BCUT2D eigenvalue weighted by Gasteiger charge is 2.35. The Labute approximate surface area is 123 Å². The molecule has 2 N–H and O–H groups in total. The highest BCUT2D eigenvalue weighted by molar-refractivity contribution is 6.29. The summed E-state index contributed by atoms with van der Waals surface area (Å²) in [4.78, 5) is 22.8. The van der Waals surface area contributed by atoms with Gasteiger partial charge >= 0.3 is 0 Å². The largest absolute Gasteiger partial charge is 0.314 e. The molecule has 0 saturated carbocycles. The number of aromatic nitrogens is 2. The second-order valence-electron chi connectivity index (χ2n) is 5.41. The number of piperazine rings is 1. The maximum Gasteiger partial charge on any atom is 0.246 e. The van der Waals surface area contributed by atoms with Gasteiger partial charge in [-0.05, 0) is 26.8 Å². The van der Waals surface area contributed by atoms with Crippen LogP contribution in [0.4, 0.5) is 5.95 Å². The van der Waals surface area contributed by atoms with Gasteiger partial charge in [0.2, 0.25) is 11.9 Å². The van der Waals surface area contributed by atoms with Crippen molar-refractivity contribution in [3.05, 3.63) is 16.9 Å². The second kappa shape index (κ2) is 6.03. The third-order valence-corrected chi connectivity index (χ3v) is 3.71. The van der Waals surface area contributed by atoms with Crippen molar-refractivity contribution in [3.63, 3.8) is 0 Å². The number of aryl methyl sites for hydroxylation is 1. The van der Waals surface area contributed by atoms with E-state index in [0.29, 0.717) is 5.15 Å². The van der Waals surface area contributed by atoms with Gasteiger partial charge in [-0.2, -0.15) is 0 Å². The first kappa shape index (κ1) is 15.2. The summed E-state index contributed by atoms with van der Waals surface area (Å²) < 4.78 is 0. The van der Waals surface area contributed by atoms with Crippen LogP contribution in [0, 0.1) is 6.92 Å². The molecular weight excluding hydrogens is 278 g/mol. The lowest BCUT2D eigenvalue weighted by molar-refractivity contribution is -0.126. The van der Waals surface area contributed by atoms with Crippen LogP contribution < -0.4 is 10.6 Å². The van der Waals surface area contributed by atoms with E-state index in [1.807, 2.05) is 20.8 Å². The number of carbonyl (C=O) groups is 1.